The highest BCUT2D eigenvalue weighted by molar-refractivity contribution is 6.10. The van der Waals surface area contributed by atoms with Crippen LogP contribution in [0.15, 0.2) is 164 Å². The molecule has 0 aliphatic heterocycles. The van der Waals surface area contributed by atoms with Gasteiger partial charge in [0.2, 0.25) is 0 Å². The van der Waals surface area contributed by atoms with Gasteiger partial charge in [-0.15, -0.1) is 0 Å². The van der Waals surface area contributed by atoms with E-state index in [9.17, 15) is 0 Å². The maximum atomic E-state index is 5.43. The molecule has 0 radical (unpaired) electrons. The number of aromatic nitrogens is 4. The molecule has 4 heteroatoms. The Balaban J connectivity index is 1.07. The summed E-state index contributed by atoms with van der Waals surface area (Å²) in [4.78, 5) is 21.4. The van der Waals surface area contributed by atoms with Gasteiger partial charge >= 0.3 is 0 Å². The number of fused-ring (bicyclic) bond motifs is 6. The molecular formula is C60H54N4. The fraction of sp³-hybridized carbons (Fsp3) is 0.200. The molecule has 6 aromatic carbocycles. The molecular weight excluding hydrogens is 777 g/mol. The topological polar surface area (TPSA) is 51.6 Å². The van der Waals surface area contributed by atoms with Gasteiger partial charge < -0.3 is 0 Å². The summed E-state index contributed by atoms with van der Waals surface area (Å²) < 4.78 is 0. The number of rotatable bonds is 5. The maximum Gasteiger partial charge on any atom is 0.0978 e. The molecule has 0 fully saturated rings. The second kappa shape index (κ2) is 15.3. The summed E-state index contributed by atoms with van der Waals surface area (Å²) in [5, 5.41) is 4.26. The standard InChI is InChI=1S/C60H54N4/c1-58(2,3)45-25-15-37(16-26-45)49-36-53(39-19-29-47(30-20-39)60(7,8)9)64-57-48(49)31-21-42-24-34-52(63-56(42)57)44-12-10-11-43(35-44)51-33-23-41-14-13-40-22-32-50(61-54(40)55(41)62-51)38-17-27-46(28-18-38)59(4,5)6/h10-36H,1-9H3. The number of nitrogens with zero attached hydrogens (tertiary/aromatic N) is 4. The zero-order valence-electron chi connectivity index (χ0n) is 38.4. The molecule has 0 aliphatic carbocycles. The highest BCUT2D eigenvalue weighted by atomic mass is 14.8. The summed E-state index contributed by atoms with van der Waals surface area (Å²) >= 11 is 0. The van der Waals surface area contributed by atoms with Crippen molar-refractivity contribution in [1.82, 2.24) is 19.9 Å². The van der Waals surface area contributed by atoms with Gasteiger partial charge in [-0.3, -0.25) is 0 Å². The van der Waals surface area contributed by atoms with Crippen molar-refractivity contribution >= 4 is 43.6 Å². The zero-order chi connectivity index (χ0) is 44.5. The van der Waals surface area contributed by atoms with Crippen LogP contribution in [0.5, 0.6) is 0 Å². The first-order valence-electron chi connectivity index (χ1n) is 22.5. The minimum atomic E-state index is 0.0584. The van der Waals surface area contributed by atoms with Crippen LogP contribution in [0, 0.1) is 0 Å². The number of hydrogen-bond acceptors (Lipinski definition) is 4. The van der Waals surface area contributed by atoms with Gasteiger partial charge in [0.25, 0.3) is 0 Å². The number of pyridine rings is 4. The molecule has 10 rings (SSSR count). The molecule has 0 amide bonds. The Kier molecular flexibility index (Phi) is 9.83. The molecule has 0 spiro atoms. The quantitative estimate of drug-likeness (QED) is 0.162. The minimum absolute atomic E-state index is 0.0584. The average molecular weight is 831 g/mol. The molecule has 4 nitrogen and oxygen atoms in total. The first-order valence-corrected chi connectivity index (χ1v) is 22.5. The summed E-state index contributed by atoms with van der Waals surface area (Å²) in [6.45, 7) is 20.3. The molecule has 0 saturated heterocycles. The molecule has 0 bridgehead atoms. The van der Waals surface area contributed by atoms with Gasteiger partial charge in [0.1, 0.15) is 0 Å². The van der Waals surface area contributed by atoms with Crippen LogP contribution in [-0.4, -0.2) is 19.9 Å². The van der Waals surface area contributed by atoms with E-state index in [1.54, 1.807) is 0 Å². The Labute approximate surface area is 377 Å². The molecule has 314 valence electrons. The third kappa shape index (κ3) is 7.72. The van der Waals surface area contributed by atoms with E-state index in [0.717, 1.165) is 99.8 Å². The van der Waals surface area contributed by atoms with Crippen molar-refractivity contribution in [2.75, 3.05) is 0 Å². The van der Waals surface area contributed by atoms with Gasteiger partial charge in [-0.25, -0.2) is 19.9 Å². The normalized spacial score (nSPS) is 12.5. The van der Waals surface area contributed by atoms with Gasteiger partial charge in [0.05, 0.1) is 44.8 Å². The van der Waals surface area contributed by atoms with Crippen molar-refractivity contribution in [2.45, 2.75) is 78.6 Å². The minimum Gasteiger partial charge on any atom is -0.245 e. The van der Waals surface area contributed by atoms with Crippen LogP contribution in [0.3, 0.4) is 0 Å². The van der Waals surface area contributed by atoms with E-state index in [4.69, 9.17) is 19.9 Å². The molecule has 0 unspecified atom stereocenters. The highest BCUT2D eigenvalue weighted by Gasteiger charge is 2.19. The Bertz CT molecular complexity index is 3400. The summed E-state index contributed by atoms with van der Waals surface area (Å²) in [5.74, 6) is 0. The van der Waals surface area contributed by atoms with E-state index in [-0.39, 0.29) is 16.2 Å². The van der Waals surface area contributed by atoms with E-state index < -0.39 is 0 Å². The second-order valence-electron chi connectivity index (χ2n) is 20.4. The largest absolute Gasteiger partial charge is 0.245 e. The molecule has 4 aromatic heterocycles. The highest BCUT2D eigenvalue weighted by Crippen LogP contribution is 2.38. The summed E-state index contributed by atoms with van der Waals surface area (Å²) in [6.07, 6.45) is 0. The molecule has 4 heterocycles. The number of hydrogen-bond donors (Lipinski definition) is 0. The Hall–Kier alpha value is -7.04. The number of benzene rings is 6. The second-order valence-corrected chi connectivity index (χ2v) is 20.4. The van der Waals surface area contributed by atoms with Crippen LogP contribution in [0.2, 0.25) is 0 Å². The zero-order valence-corrected chi connectivity index (χ0v) is 38.4. The van der Waals surface area contributed by atoms with Crippen LogP contribution in [0.1, 0.15) is 79.0 Å². The molecule has 0 aliphatic rings. The smallest absolute Gasteiger partial charge is 0.0978 e. The van der Waals surface area contributed by atoms with E-state index in [1.165, 1.54) is 16.7 Å². The molecule has 64 heavy (non-hydrogen) atoms. The van der Waals surface area contributed by atoms with E-state index in [0.29, 0.717) is 0 Å². The first-order chi connectivity index (χ1) is 30.6. The van der Waals surface area contributed by atoms with Crippen molar-refractivity contribution in [1.29, 1.82) is 0 Å². The van der Waals surface area contributed by atoms with E-state index in [2.05, 4.69) is 226 Å². The van der Waals surface area contributed by atoms with Crippen molar-refractivity contribution in [3.05, 3.63) is 180 Å². The monoisotopic (exact) mass is 830 g/mol. The lowest BCUT2D eigenvalue weighted by molar-refractivity contribution is 0.590. The lowest BCUT2D eigenvalue weighted by Gasteiger charge is -2.20. The maximum absolute atomic E-state index is 5.43. The lowest BCUT2D eigenvalue weighted by atomic mass is 9.85. The van der Waals surface area contributed by atoms with Gasteiger partial charge in [-0.2, -0.15) is 0 Å². The first kappa shape index (κ1) is 41.0. The summed E-state index contributed by atoms with van der Waals surface area (Å²) in [7, 11) is 0. The summed E-state index contributed by atoms with van der Waals surface area (Å²) in [5.41, 5.74) is 17.8. The SMILES string of the molecule is CC(C)(C)c1ccc(-c2ccc3ccc4ccc(-c5cccc(-c6ccc7ccc8c(-c9ccc(C(C)(C)C)cc9)cc(-c9ccc(C(C)(C)C)cc9)nc8c7n6)c5)nc4c3n2)cc1. The van der Waals surface area contributed by atoms with Crippen LogP contribution < -0.4 is 0 Å². The third-order valence-electron chi connectivity index (χ3n) is 12.8. The van der Waals surface area contributed by atoms with E-state index in [1.807, 2.05) is 0 Å². The average Bonchev–Trinajstić information content (AvgIpc) is 3.30. The predicted molar refractivity (Wildman–Crippen MR) is 271 cm³/mol. The van der Waals surface area contributed by atoms with Gasteiger partial charge in [-0.05, 0) is 74.4 Å². The Morgan fingerprint density at radius 1 is 0.281 bits per heavy atom. The molecule has 0 atom stereocenters. The van der Waals surface area contributed by atoms with Gasteiger partial charge in [-0.1, -0.05) is 196 Å². The molecule has 10 aromatic rings. The van der Waals surface area contributed by atoms with Gasteiger partial charge in [0, 0.05) is 43.8 Å². The molecule has 0 N–H and O–H groups in total. The van der Waals surface area contributed by atoms with Crippen LogP contribution in [-0.2, 0) is 16.2 Å². The lowest BCUT2D eigenvalue weighted by Crippen LogP contribution is -2.10. The van der Waals surface area contributed by atoms with E-state index >= 15 is 0 Å². The Morgan fingerprint density at radius 3 is 1.06 bits per heavy atom. The van der Waals surface area contributed by atoms with Crippen molar-refractivity contribution in [3.8, 4) is 56.2 Å². The predicted octanol–water partition coefficient (Wildman–Crippen LogP) is 16.1. The van der Waals surface area contributed by atoms with Crippen molar-refractivity contribution in [3.63, 3.8) is 0 Å². The van der Waals surface area contributed by atoms with Crippen molar-refractivity contribution < 1.29 is 0 Å². The summed E-state index contributed by atoms with van der Waals surface area (Å²) in [6, 6.07) is 59.0. The van der Waals surface area contributed by atoms with Crippen LogP contribution in [0.25, 0.3) is 99.8 Å². The third-order valence-corrected chi connectivity index (χ3v) is 12.8. The van der Waals surface area contributed by atoms with Crippen molar-refractivity contribution in [2.24, 2.45) is 0 Å². The Morgan fingerprint density at radius 2 is 0.625 bits per heavy atom. The molecule has 0 saturated carbocycles. The fourth-order valence-corrected chi connectivity index (χ4v) is 8.78. The fourth-order valence-electron chi connectivity index (χ4n) is 8.78. The van der Waals surface area contributed by atoms with Gasteiger partial charge in [0.15, 0.2) is 0 Å². The van der Waals surface area contributed by atoms with Crippen LogP contribution in [0.4, 0.5) is 0 Å². The van der Waals surface area contributed by atoms with Crippen LogP contribution >= 0.6 is 0 Å².